The molecule has 0 unspecified atom stereocenters. The van der Waals surface area contributed by atoms with E-state index in [0.717, 1.165) is 19.5 Å². The first-order chi connectivity index (χ1) is 20.4. The third-order valence-corrected chi connectivity index (χ3v) is 7.81. The van der Waals surface area contributed by atoms with Crippen molar-refractivity contribution < 1.29 is 28.7 Å². The number of hydrogen-bond acceptors (Lipinski definition) is 8. The van der Waals surface area contributed by atoms with Gasteiger partial charge in [-0.25, -0.2) is 9.59 Å². The minimum Gasteiger partial charge on any atom is -0.464 e. The van der Waals surface area contributed by atoms with Crippen LogP contribution in [0.3, 0.4) is 0 Å². The second kappa shape index (κ2) is 13.9. The quantitative estimate of drug-likeness (QED) is 0.391. The molecular weight excluding hydrogens is 597 g/mol. The summed E-state index contributed by atoms with van der Waals surface area (Å²) in [6, 6.07) is 5.04. The lowest BCUT2D eigenvalue weighted by atomic mass is 10.0. The van der Waals surface area contributed by atoms with Crippen molar-refractivity contribution in [1.82, 2.24) is 20.1 Å². The fraction of sp³-hybridized carbons (Fsp3) is 0.500. The van der Waals surface area contributed by atoms with E-state index in [1.165, 1.54) is 17.3 Å². The Labute approximate surface area is 261 Å². The lowest BCUT2D eigenvalue weighted by molar-refractivity contribution is -0.147. The number of ether oxygens (including phenoxy) is 2. The van der Waals surface area contributed by atoms with Crippen LogP contribution in [0.5, 0.6) is 0 Å². The molecule has 3 amide bonds. The number of nitrogens with zero attached hydrogens (tertiary/aromatic N) is 3. The molecule has 0 radical (unpaired) electrons. The summed E-state index contributed by atoms with van der Waals surface area (Å²) in [5, 5.41) is 5.81. The van der Waals surface area contributed by atoms with Crippen molar-refractivity contribution in [3.63, 3.8) is 0 Å². The maximum Gasteiger partial charge on any atom is 0.411 e. The summed E-state index contributed by atoms with van der Waals surface area (Å²) in [5.41, 5.74) is 0.579. The number of aromatic nitrogens is 1. The SMILES string of the molecule is CCOC(=O)[C@H](Cc1ccc(NC(=O)c2c(Cl)cncc2Cl)cc1)NC(=O)[C@@H]1C[C@@H](N2CCC2)CN1C(=O)OC(C)(C)C. The van der Waals surface area contributed by atoms with E-state index in [-0.39, 0.29) is 34.7 Å². The second-order valence-corrected chi connectivity index (χ2v) is 12.4. The van der Waals surface area contributed by atoms with Crippen LogP contribution < -0.4 is 10.6 Å². The molecule has 3 heterocycles. The highest BCUT2D eigenvalue weighted by atomic mass is 35.5. The molecule has 1 aromatic heterocycles. The topological polar surface area (TPSA) is 130 Å². The molecule has 0 saturated carbocycles. The van der Waals surface area contributed by atoms with E-state index in [4.69, 9.17) is 32.7 Å². The first-order valence-electron chi connectivity index (χ1n) is 14.3. The van der Waals surface area contributed by atoms with Crippen LogP contribution in [-0.2, 0) is 25.5 Å². The van der Waals surface area contributed by atoms with Crippen LogP contribution in [0.25, 0.3) is 0 Å². The lowest BCUT2D eigenvalue weighted by Gasteiger charge is -2.36. The highest BCUT2D eigenvalue weighted by Gasteiger charge is 2.45. The Morgan fingerprint density at radius 1 is 1.07 bits per heavy atom. The van der Waals surface area contributed by atoms with Gasteiger partial charge in [0.05, 0.1) is 22.2 Å². The number of rotatable bonds is 9. The molecule has 2 aromatic rings. The summed E-state index contributed by atoms with van der Waals surface area (Å²) < 4.78 is 10.9. The van der Waals surface area contributed by atoms with Gasteiger partial charge < -0.3 is 20.1 Å². The van der Waals surface area contributed by atoms with Crippen LogP contribution >= 0.6 is 23.2 Å². The van der Waals surface area contributed by atoms with Crippen molar-refractivity contribution in [3.05, 3.63) is 57.8 Å². The van der Waals surface area contributed by atoms with Gasteiger partial charge in [-0.2, -0.15) is 0 Å². The van der Waals surface area contributed by atoms with Crippen molar-refractivity contribution in [2.24, 2.45) is 0 Å². The van der Waals surface area contributed by atoms with Gasteiger partial charge in [0.2, 0.25) is 5.91 Å². The number of carbonyl (C=O) groups excluding carboxylic acids is 4. The van der Waals surface area contributed by atoms with Crippen LogP contribution in [0.4, 0.5) is 10.5 Å². The minimum atomic E-state index is -0.995. The molecule has 2 aliphatic rings. The normalized spacial score (nSPS) is 19.3. The monoisotopic (exact) mass is 633 g/mol. The smallest absolute Gasteiger partial charge is 0.411 e. The summed E-state index contributed by atoms with van der Waals surface area (Å²) in [4.78, 5) is 59.9. The maximum absolute atomic E-state index is 13.6. The molecule has 13 heteroatoms. The van der Waals surface area contributed by atoms with E-state index < -0.39 is 41.6 Å². The van der Waals surface area contributed by atoms with Crippen LogP contribution in [0.15, 0.2) is 36.7 Å². The van der Waals surface area contributed by atoms with Gasteiger partial charge in [-0.15, -0.1) is 0 Å². The third-order valence-electron chi connectivity index (χ3n) is 7.24. The first kappa shape index (κ1) is 32.5. The molecule has 2 aliphatic heterocycles. The molecule has 2 fully saturated rings. The Morgan fingerprint density at radius 2 is 1.72 bits per heavy atom. The number of esters is 1. The van der Waals surface area contributed by atoms with Gasteiger partial charge in [0.15, 0.2) is 0 Å². The molecular formula is C30H37Cl2N5O6. The Morgan fingerprint density at radius 3 is 2.28 bits per heavy atom. The van der Waals surface area contributed by atoms with E-state index in [2.05, 4.69) is 20.5 Å². The van der Waals surface area contributed by atoms with Gasteiger partial charge in [-0.05, 0) is 71.3 Å². The number of pyridine rings is 1. The summed E-state index contributed by atoms with van der Waals surface area (Å²) in [6.45, 7) is 9.38. The van der Waals surface area contributed by atoms with Crippen molar-refractivity contribution in [3.8, 4) is 0 Å². The lowest BCUT2D eigenvalue weighted by Crippen LogP contribution is -2.52. The number of nitrogens with one attached hydrogen (secondary N) is 2. The zero-order valence-electron chi connectivity index (χ0n) is 24.7. The number of benzene rings is 1. The number of halogens is 2. The van der Waals surface area contributed by atoms with Crippen LogP contribution in [0, 0.1) is 0 Å². The zero-order chi connectivity index (χ0) is 31.3. The largest absolute Gasteiger partial charge is 0.464 e. The molecule has 1 aromatic carbocycles. The Balaban J connectivity index is 1.46. The number of amides is 3. The van der Waals surface area contributed by atoms with Crippen LogP contribution in [0.1, 0.15) is 56.5 Å². The standard InChI is InChI=1S/C30H37Cl2N5O6/c1-5-42-28(40)23(13-18-7-9-19(10-8-18)34-27(39)25-21(31)15-33-16-22(25)32)35-26(38)24-14-20(36-11-6-12-36)17-37(24)29(41)43-30(2,3)4/h7-10,15-16,20,23-24H,5-6,11-14,17H2,1-4H3,(H,34,39)(H,35,38)/t20-,23+,24+/m1/s1. The molecule has 43 heavy (non-hydrogen) atoms. The van der Waals surface area contributed by atoms with Crippen LogP contribution in [0.2, 0.25) is 10.0 Å². The Kier molecular flexibility index (Phi) is 10.5. The molecule has 0 bridgehead atoms. The van der Waals surface area contributed by atoms with E-state index in [1.54, 1.807) is 52.0 Å². The zero-order valence-corrected chi connectivity index (χ0v) is 26.2. The molecule has 3 atom stereocenters. The summed E-state index contributed by atoms with van der Waals surface area (Å²) in [6.07, 6.45) is 3.77. The number of anilines is 1. The molecule has 0 aliphatic carbocycles. The average molecular weight is 635 g/mol. The van der Waals surface area contributed by atoms with Gasteiger partial charge in [-0.3, -0.25) is 24.4 Å². The molecule has 2 saturated heterocycles. The average Bonchev–Trinajstić information content (AvgIpc) is 3.32. The first-order valence-corrected chi connectivity index (χ1v) is 15.0. The molecule has 0 spiro atoms. The molecule has 11 nitrogen and oxygen atoms in total. The summed E-state index contributed by atoms with van der Waals surface area (Å²) in [7, 11) is 0. The molecule has 2 N–H and O–H groups in total. The van der Waals surface area contributed by atoms with Crippen molar-refractivity contribution in [2.45, 2.75) is 70.7 Å². The molecule has 232 valence electrons. The van der Waals surface area contributed by atoms with Gasteiger partial charge in [0, 0.05) is 37.1 Å². The predicted molar refractivity (Wildman–Crippen MR) is 162 cm³/mol. The van der Waals surface area contributed by atoms with Crippen molar-refractivity contribution in [2.75, 3.05) is 31.6 Å². The fourth-order valence-electron chi connectivity index (χ4n) is 5.04. The van der Waals surface area contributed by atoms with Gasteiger partial charge in [-0.1, -0.05) is 35.3 Å². The minimum absolute atomic E-state index is 0.0396. The number of carbonyl (C=O) groups is 4. The van der Waals surface area contributed by atoms with E-state index in [0.29, 0.717) is 24.2 Å². The summed E-state index contributed by atoms with van der Waals surface area (Å²) >= 11 is 12.2. The molecule has 4 rings (SSSR count). The van der Waals surface area contributed by atoms with Crippen molar-refractivity contribution in [1.29, 1.82) is 0 Å². The number of hydrogen-bond donors (Lipinski definition) is 2. The van der Waals surface area contributed by atoms with Gasteiger partial charge in [0.1, 0.15) is 17.7 Å². The predicted octanol–water partition coefficient (Wildman–Crippen LogP) is 4.31. The Bertz CT molecular complexity index is 1330. The highest BCUT2D eigenvalue weighted by Crippen LogP contribution is 2.28. The van der Waals surface area contributed by atoms with Crippen molar-refractivity contribution >= 4 is 52.8 Å². The second-order valence-electron chi connectivity index (χ2n) is 11.6. The highest BCUT2D eigenvalue weighted by molar-refractivity contribution is 6.40. The third kappa shape index (κ3) is 8.36. The van der Waals surface area contributed by atoms with E-state index in [9.17, 15) is 19.2 Å². The van der Waals surface area contributed by atoms with E-state index in [1.807, 2.05) is 0 Å². The van der Waals surface area contributed by atoms with E-state index >= 15 is 0 Å². The fourth-order valence-corrected chi connectivity index (χ4v) is 5.58. The van der Waals surface area contributed by atoms with Gasteiger partial charge in [0.25, 0.3) is 5.91 Å². The Hall–Kier alpha value is -3.41. The van der Waals surface area contributed by atoms with Crippen LogP contribution in [-0.4, -0.2) is 88.6 Å². The van der Waals surface area contributed by atoms with Gasteiger partial charge >= 0.3 is 12.1 Å². The number of likely N-dealkylation sites (tertiary alicyclic amines) is 2. The maximum atomic E-state index is 13.6. The summed E-state index contributed by atoms with van der Waals surface area (Å²) in [5.74, 6) is -1.53.